The van der Waals surface area contributed by atoms with Crippen LogP contribution in [0.1, 0.15) is 30.9 Å². The summed E-state index contributed by atoms with van der Waals surface area (Å²) in [6, 6.07) is 15.2. The van der Waals surface area contributed by atoms with Gasteiger partial charge in [0.1, 0.15) is 5.82 Å². The summed E-state index contributed by atoms with van der Waals surface area (Å²) in [6.07, 6.45) is 3.15. The number of aromatic nitrogens is 1. The van der Waals surface area contributed by atoms with E-state index in [0.717, 1.165) is 18.4 Å². The van der Waals surface area contributed by atoms with Crippen molar-refractivity contribution in [3.05, 3.63) is 83.8 Å². The van der Waals surface area contributed by atoms with E-state index in [9.17, 15) is 28.9 Å². The molecule has 0 aliphatic heterocycles. The molecule has 3 unspecified atom stereocenters. The summed E-state index contributed by atoms with van der Waals surface area (Å²) in [5.74, 6) is -1.98. The number of hydrogen-bond acceptors (Lipinski definition) is 4. The predicted molar refractivity (Wildman–Crippen MR) is 134 cm³/mol. The van der Waals surface area contributed by atoms with Gasteiger partial charge in [-0.2, -0.15) is 0 Å². The quantitative estimate of drug-likeness (QED) is 0.365. The van der Waals surface area contributed by atoms with E-state index in [1.807, 2.05) is 37.3 Å². The average Bonchev–Trinajstić information content (AvgIpc) is 3.63. The second-order valence-electron chi connectivity index (χ2n) is 8.91. The Labute approximate surface area is 203 Å². The highest BCUT2D eigenvalue weighted by atomic mass is 31.1. The first-order chi connectivity index (χ1) is 16.7. The van der Waals surface area contributed by atoms with Crippen LogP contribution in [0.15, 0.2) is 66.9 Å². The molecule has 3 atom stereocenters. The Morgan fingerprint density at radius 3 is 2.29 bits per heavy atom. The molecular weight excluding hydrogens is 468 g/mol. The smallest absolute Gasteiger partial charge is 0.326 e. The molecule has 0 spiro atoms. The number of rotatable bonds is 8. The lowest BCUT2D eigenvalue weighted by Gasteiger charge is -2.33. The summed E-state index contributed by atoms with van der Waals surface area (Å²) in [5.41, 5.74) is 3.74. The molecule has 6 nitrogen and oxygen atoms in total. The fourth-order valence-electron chi connectivity index (χ4n) is 4.53. The van der Waals surface area contributed by atoms with Gasteiger partial charge in [0.15, 0.2) is 5.16 Å². The van der Waals surface area contributed by atoms with E-state index in [-0.39, 0.29) is 11.5 Å². The Morgan fingerprint density at radius 1 is 1.14 bits per heavy atom. The summed E-state index contributed by atoms with van der Waals surface area (Å²) >= 11 is 0. The van der Waals surface area contributed by atoms with Crippen molar-refractivity contribution in [2.24, 2.45) is 5.92 Å². The van der Waals surface area contributed by atoms with Gasteiger partial charge in [-0.15, -0.1) is 0 Å². The fourth-order valence-corrected chi connectivity index (χ4v) is 5.52. The number of carboxylic acid groups (broad SMARTS) is 1. The highest BCUT2D eigenvalue weighted by molar-refractivity contribution is 7.42. The molecule has 0 bridgehead atoms. The van der Waals surface area contributed by atoms with Crippen LogP contribution in [0.4, 0.5) is 4.39 Å². The molecule has 0 amide bonds. The standard InChI is InChI=1S/C27H27FNO5P/c1-16-24(19-10-12-21(28)13-11-19)22(15-29-25(16)20-6-4-3-5-7-20)23(14-18-8-9-18)27(17(2)30,26(31)32)35(33)34/h3-7,10-15,17-18,30,35H,8-9H2,1-2H3,(H,31,32)(H,33,34). The molecule has 1 aliphatic rings. The van der Waals surface area contributed by atoms with Crippen molar-refractivity contribution in [1.29, 1.82) is 0 Å². The normalized spacial score (nSPS) is 17.5. The van der Waals surface area contributed by atoms with Gasteiger partial charge in [0, 0.05) is 17.3 Å². The van der Waals surface area contributed by atoms with Crippen molar-refractivity contribution in [3.63, 3.8) is 0 Å². The van der Waals surface area contributed by atoms with Gasteiger partial charge in [0.05, 0.1) is 11.8 Å². The van der Waals surface area contributed by atoms with Gasteiger partial charge in [-0.1, -0.05) is 48.5 Å². The van der Waals surface area contributed by atoms with Gasteiger partial charge in [-0.05, 0) is 67.0 Å². The summed E-state index contributed by atoms with van der Waals surface area (Å²) in [5, 5.41) is 18.4. The largest absolute Gasteiger partial charge is 0.480 e. The molecule has 3 N–H and O–H groups in total. The number of nitrogens with zero attached hydrogens (tertiary/aromatic N) is 1. The van der Waals surface area contributed by atoms with Crippen LogP contribution < -0.4 is 0 Å². The number of aliphatic hydroxyl groups is 1. The van der Waals surface area contributed by atoms with Crippen molar-refractivity contribution in [2.45, 2.75) is 37.9 Å². The van der Waals surface area contributed by atoms with Crippen LogP contribution in [0.25, 0.3) is 28.0 Å². The minimum absolute atomic E-state index is 0.0269. The number of hydrogen-bond donors (Lipinski definition) is 3. The summed E-state index contributed by atoms with van der Waals surface area (Å²) in [4.78, 5) is 27.6. The third kappa shape index (κ3) is 4.59. The van der Waals surface area contributed by atoms with E-state index in [1.54, 1.807) is 18.2 Å². The number of allylic oxidation sites excluding steroid dienone is 1. The predicted octanol–water partition coefficient (Wildman–Crippen LogP) is 5.33. The molecule has 0 radical (unpaired) electrons. The number of halogens is 1. The molecule has 8 heteroatoms. The van der Waals surface area contributed by atoms with Crippen LogP contribution in [-0.2, 0) is 9.36 Å². The maximum Gasteiger partial charge on any atom is 0.326 e. The molecule has 182 valence electrons. The van der Waals surface area contributed by atoms with Crippen LogP contribution in [0.3, 0.4) is 0 Å². The minimum atomic E-state index is -3.83. The van der Waals surface area contributed by atoms with Crippen molar-refractivity contribution in [1.82, 2.24) is 4.98 Å². The second-order valence-corrected chi connectivity index (χ2v) is 10.3. The van der Waals surface area contributed by atoms with Crippen LogP contribution in [0, 0.1) is 18.7 Å². The number of carbonyl (C=O) groups is 1. The van der Waals surface area contributed by atoms with Crippen LogP contribution in [0.2, 0.25) is 0 Å². The summed E-state index contributed by atoms with van der Waals surface area (Å²) in [7, 11) is -3.83. The Morgan fingerprint density at radius 2 is 1.77 bits per heavy atom. The zero-order valence-corrected chi connectivity index (χ0v) is 20.4. The molecule has 1 aromatic heterocycles. The van der Waals surface area contributed by atoms with Crippen molar-refractivity contribution in [3.8, 4) is 22.4 Å². The number of carboxylic acids is 1. The Bertz CT molecular complexity index is 1290. The van der Waals surface area contributed by atoms with E-state index < -0.39 is 31.1 Å². The van der Waals surface area contributed by atoms with Crippen molar-refractivity contribution >= 4 is 19.6 Å². The van der Waals surface area contributed by atoms with E-state index in [0.29, 0.717) is 27.9 Å². The molecule has 1 heterocycles. The van der Waals surface area contributed by atoms with Crippen molar-refractivity contribution < 1.29 is 28.9 Å². The number of aliphatic carboxylic acids is 1. The second kappa shape index (κ2) is 9.86. The molecule has 35 heavy (non-hydrogen) atoms. The van der Waals surface area contributed by atoms with E-state index in [4.69, 9.17) is 0 Å². The first-order valence-electron chi connectivity index (χ1n) is 11.4. The fraction of sp³-hybridized carbons (Fsp3) is 0.259. The maximum atomic E-state index is 13.8. The third-order valence-corrected chi connectivity index (χ3v) is 8.12. The minimum Gasteiger partial charge on any atom is -0.480 e. The average molecular weight is 495 g/mol. The lowest BCUT2D eigenvalue weighted by Crippen LogP contribution is -2.46. The number of aliphatic hydroxyl groups excluding tert-OH is 1. The topological polar surface area (TPSA) is 108 Å². The zero-order valence-electron chi connectivity index (χ0n) is 19.4. The van der Waals surface area contributed by atoms with Gasteiger partial charge >= 0.3 is 5.97 Å². The van der Waals surface area contributed by atoms with Crippen LogP contribution in [0.5, 0.6) is 0 Å². The lowest BCUT2D eigenvalue weighted by atomic mass is 9.82. The molecule has 2 aromatic carbocycles. The lowest BCUT2D eigenvalue weighted by molar-refractivity contribution is -0.141. The number of pyridine rings is 1. The first kappa shape index (κ1) is 25.0. The van der Waals surface area contributed by atoms with Gasteiger partial charge in [0.25, 0.3) is 0 Å². The monoisotopic (exact) mass is 495 g/mol. The van der Waals surface area contributed by atoms with Gasteiger partial charge in [-0.3, -0.25) is 14.3 Å². The molecule has 1 saturated carbocycles. The first-order valence-corrected chi connectivity index (χ1v) is 12.7. The molecule has 3 aromatic rings. The molecule has 0 saturated heterocycles. The van der Waals surface area contributed by atoms with Gasteiger partial charge in [-0.25, -0.2) is 4.39 Å². The highest BCUT2D eigenvalue weighted by Gasteiger charge is 2.53. The zero-order chi connectivity index (χ0) is 25.3. The summed E-state index contributed by atoms with van der Waals surface area (Å²) in [6.45, 7) is 3.04. The van der Waals surface area contributed by atoms with E-state index in [2.05, 4.69) is 4.98 Å². The Hall–Kier alpha value is -3.12. The van der Waals surface area contributed by atoms with Crippen LogP contribution >= 0.6 is 8.03 Å². The Balaban J connectivity index is 2.08. The molecular formula is C27H27FNO5P. The van der Waals surface area contributed by atoms with Crippen LogP contribution in [-0.4, -0.2) is 37.3 Å². The number of benzene rings is 2. The molecule has 4 rings (SSSR count). The van der Waals surface area contributed by atoms with Gasteiger partial charge < -0.3 is 15.1 Å². The van der Waals surface area contributed by atoms with Crippen molar-refractivity contribution in [2.75, 3.05) is 0 Å². The molecule has 1 fully saturated rings. The molecule has 1 aliphatic carbocycles. The highest BCUT2D eigenvalue weighted by Crippen LogP contribution is 2.53. The maximum absolute atomic E-state index is 13.8. The summed E-state index contributed by atoms with van der Waals surface area (Å²) < 4.78 is 26.5. The SMILES string of the molecule is Cc1c(-c2ccccc2)ncc(C(=CC2CC2)C(C(=O)O)(C(C)O)[PH](=O)O)c1-c1ccc(F)cc1. The van der Waals surface area contributed by atoms with E-state index in [1.165, 1.54) is 25.3 Å². The Kier molecular flexibility index (Phi) is 7.04. The van der Waals surface area contributed by atoms with E-state index >= 15 is 0 Å². The third-order valence-electron chi connectivity index (χ3n) is 6.54. The van der Waals surface area contributed by atoms with Gasteiger partial charge in [0.2, 0.25) is 8.03 Å².